The van der Waals surface area contributed by atoms with Gasteiger partial charge in [-0.1, -0.05) is 25.1 Å². The van der Waals surface area contributed by atoms with Gasteiger partial charge in [0.25, 0.3) is 0 Å². The standard InChI is InChI=1S/C15H21N3/c1-5-9-18-12(4)17-14(15(18)16)13-8-6-7-10(2)11(13)3/h6-8H,5,9,16H2,1-4H3. The highest BCUT2D eigenvalue weighted by atomic mass is 15.1. The molecule has 3 nitrogen and oxygen atoms in total. The van der Waals surface area contributed by atoms with Crippen LogP contribution in [-0.2, 0) is 6.54 Å². The number of imidazole rings is 1. The van der Waals surface area contributed by atoms with Crippen molar-refractivity contribution in [2.75, 3.05) is 5.73 Å². The van der Waals surface area contributed by atoms with Gasteiger partial charge < -0.3 is 10.3 Å². The smallest absolute Gasteiger partial charge is 0.131 e. The van der Waals surface area contributed by atoms with Crippen LogP contribution in [0.25, 0.3) is 11.3 Å². The Labute approximate surface area is 109 Å². The molecule has 0 saturated heterocycles. The Morgan fingerprint density at radius 1 is 1.22 bits per heavy atom. The molecule has 0 bridgehead atoms. The molecule has 1 heterocycles. The zero-order chi connectivity index (χ0) is 13.3. The number of nitrogens with two attached hydrogens (primary N) is 1. The second-order valence-corrected chi connectivity index (χ2v) is 4.79. The molecule has 96 valence electrons. The Balaban J connectivity index is 2.58. The van der Waals surface area contributed by atoms with Crippen LogP contribution in [0.5, 0.6) is 0 Å². The number of hydrogen-bond acceptors (Lipinski definition) is 2. The summed E-state index contributed by atoms with van der Waals surface area (Å²) < 4.78 is 2.09. The lowest BCUT2D eigenvalue weighted by atomic mass is 10.0. The van der Waals surface area contributed by atoms with E-state index in [0.29, 0.717) is 0 Å². The molecule has 2 N–H and O–H groups in total. The van der Waals surface area contributed by atoms with Crippen LogP contribution in [0.15, 0.2) is 18.2 Å². The maximum Gasteiger partial charge on any atom is 0.131 e. The first kappa shape index (κ1) is 12.7. The highest BCUT2D eigenvalue weighted by molar-refractivity contribution is 5.74. The number of aromatic nitrogens is 2. The summed E-state index contributed by atoms with van der Waals surface area (Å²) in [5, 5.41) is 0. The maximum absolute atomic E-state index is 6.24. The second-order valence-electron chi connectivity index (χ2n) is 4.79. The van der Waals surface area contributed by atoms with E-state index >= 15 is 0 Å². The highest BCUT2D eigenvalue weighted by Gasteiger charge is 2.15. The van der Waals surface area contributed by atoms with Crippen LogP contribution in [0.2, 0.25) is 0 Å². The predicted octanol–water partition coefficient (Wildman–Crippen LogP) is 3.47. The van der Waals surface area contributed by atoms with Gasteiger partial charge in [-0.3, -0.25) is 0 Å². The average Bonchev–Trinajstić information content (AvgIpc) is 2.61. The monoisotopic (exact) mass is 243 g/mol. The molecule has 0 unspecified atom stereocenters. The minimum absolute atomic E-state index is 0.781. The number of benzene rings is 1. The van der Waals surface area contributed by atoms with Gasteiger partial charge >= 0.3 is 0 Å². The third-order valence-corrected chi connectivity index (χ3v) is 3.50. The van der Waals surface area contributed by atoms with Gasteiger partial charge in [0, 0.05) is 12.1 Å². The fraction of sp³-hybridized carbons (Fsp3) is 0.400. The summed E-state index contributed by atoms with van der Waals surface area (Å²) in [6, 6.07) is 6.27. The molecule has 0 radical (unpaired) electrons. The van der Waals surface area contributed by atoms with Gasteiger partial charge in [-0.2, -0.15) is 0 Å². The minimum Gasteiger partial charge on any atom is -0.383 e. The molecule has 3 heteroatoms. The average molecular weight is 243 g/mol. The molecule has 1 aromatic carbocycles. The van der Waals surface area contributed by atoms with Crippen molar-refractivity contribution in [3.05, 3.63) is 35.2 Å². The normalized spacial score (nSPS) is 10.9. The van der Waals surface area contributed by atoms with Gasteiger partial charge in [0.05, 0.1) is 0 Å². The van der Waals surface area contributed by atoms with E-state index in [1.807, 2.05) is 6.92 Å². The highest BCUT2D eigenvalue weighted by Crippen LogP contribution is 2.30. The minimum atomic E-state index is 0.781. The van der Waals surface area contributed by atoms with Crippen LogP contribution >= 0.6 is 0 Å². The van der Waals surface area contributed by atoms with Crippen LogP contribution in [0.1, 0.15) is 30.3 Å². The third-order valence-electron chi connectivity index (χ3n) is 3.50. The van der Waals surface area contributed by atoms with Crippen LogP contribution in [0.3, 0.4) is 0 Å². The summed E-state index contributed by atoms with van der Waals surface area (Å²) in [5.41, 5.74) is 10.8. The Morgan fingerprint density at radius 2 is 1.94 bits per heavy atom. The van der Waals surface area contributed by atoms with E-state index in [2.05, 4.69) is 48.5 Å². The fourth-order valence-corrected chi connectivity index (χ4v) is 2.29. The lowest BCUT2D eigenvalue weighted by molar-refractivity contribution is 0.665. The number of hydrogen-bond donors (Lipinski definition) is 1. The van der Waals surface area contributed by atoms with Crippen LogP contribution in [0, 0.1) is 20.8 Å². The molecular formula is C15H21N3. The van der Waals surface area contributed by atoms with Crippen molar-refractivity contribution < 1.29 is 0 Å². The van der Waals surface area contributed by atoms with Gasteiger partial charge in [0.15, 0.2) is 0 Å². The number of rotatable bonds is 3. The molecule has 1 aromatic heterocycles. The van der Waals surface area contributed by atoms with Gasteiger partial charge in [0.1, 0.15) is 17.3 Å². The molecule has 2 aromatic rings. The summed E-state index contributed by atoms with van der Waals surface area (Å²) in [6.07, 6.45) is 1.06. The van der Waals surface area contributed by atoms with Crippen molar-refractivity contribution >= 4 is 5.82 Å². The summed E-state index contributed by atoms with van der Waals surface area (Å²) in [4.78, 5) is 4.64. The number of anilines is 1. The molecule has 0 amide bonds. The van der Waals surface area contributed by atoms with Crippen LogP contribution in [0.4, 0.5) is 5.82 Å². The molecule has 18 heavy (non-hydrogen) atoms. The largest absolute Gasteiger partial charge is 0.383 e. The molecule has 0 atom stereocenters. The van der Waals surface area contributed by atoms with Crippen LogP contribution in [-0.4, -0.2) is 9.55 Å². The van der Waals surface area contributed by atoms with Crippen molar-refractivity contribution in [1.29, 1.82) is 0 Å². The molecule has 0 spiro atoms. The van der Waals surface area contributed by atoms with Crippen LogP contribution < -0.4 is 5.73 Å². The van der Waals surface area contributed by atoms with Gasteiger partial charge in [-0.25, -0.2) is 4.98 Å². The molecule has 0 aliphatic carbocycles. The third kappa shape index (κ3) is 2.01. The molecule has 0 saturated carbocycles. The molecule has 0 fully saturated rings. The van der Waals surface area contributed by atoms with E-state index in [-0.39, 0.29) is 0 Å². The zero-order valence-electron chi connectivity index (χ0n) is 11.6. The predicted molar refractivity (Wildman–Crippen MR) is 76.6 cm³/mol. The SMILES string of the molecule is CCCn1c(C)nc(-c2cccc(C)c2C)c1N. The van der Waals surface area contributed by atoms with Crippen molar-refractivity contribution in [2.45, 2.75) is 40.7 Å². The quantitative estimate of drug-likeness (QED) is 0.897. The Kier molecular flexibility index (Phi) is 3.41. The Hall–Kier alpha value is -1.77. The van der Waals surface area contributed by atoms with E-state index in [9.17, 15) is 0 Å². The zero-order valence-corrected chi connectivity index (χ0v) is 11.6. The van der Waals surface area contributed by atoms with E-state index in [1.165, 1.54) is 11.1 Å². The first-order valence-electron chi connectivity index (χ1n) is 6.45. The van der Waals surface area contributed by atoms with E-state index in [1.54, 1.807) is 0 Å². The van der Waals surface area contributed by atoms with Crippen molar-refractivity contribution in [3.63, 3.8) is 0 Å². The van der Waals surface area contributed by atoms with E-state index in [0.717, 1.165) is 35.9 Å². The summed E-state index contributed by atoms with van der Waals surface area (Å²) in [6.45, 7) is 9.33. The van der Waals surface area contributed by atoms with Gasteiger partial charge in [-0.05, 0) is 38.3 Å². The molecule has 0 aliphatic heterocycles. The second kappa shape index (κ2) is 4.84. The topological polar surface area (TPSA) is 43.8 Å². The molecule has 2 rings (SSSR count). The van der Waals surface area contributed by atoms with Crippen molar-refractivity contribution in [2.24, 2.45) is 0 Å². The lowest BCUT2D eigenvalue weighted by Crippen LogP contribution is -2.04. The molecular weight excluding hydrogens is 222 g/mol. The Bertz CT molecular complexity index is 567. The van der Waals surface area contributed by atoms with Crippen molar-refractivity contribution in [3.8, 4) is 11.3 Å². The van der Waals surface area contributed by atoms with Crippen molar-refractivity contribution in [1.82, 2.24) is 9.55 Å². The van der Waals surface area contributed by atoms with Gasteiger partial charge in [0.2, 0.25) is 0 Å². The summed E-state index contributed by atoms with van der Waals surface area (Å²) in [7, 11) is 0. The fourth-order valence-electron chi connectivity index (χ4n) is 2.29. The molecule has 0 aliphatic rings. The summed E-state index contributed by atoms with van der Waals surface area (Å²) in [5.74, 6) is 1.77. The lowest BCUT2D eigenvalue weighted by Gasteiger charge is -2.08. The van der Waals surface area contributed by atoms with E-state index < -0.39 is 0 Å². The number of nitrogen functional groups attached to an aromatic ring is 1. The van der Waals surface area contributed by atoms with Gasteiger partial charge in [-0.15, -0.1) is 0 Å². The number of aryl methyl sites for hydroxylation is 2. The first-order valence-corrected chi connectivity index (χ1v) is 6.45. The Morgan fingerprint density at radius 3 is 2.61 bits per heavy atom. The van der Waals surface area contributed by atoms with E-state index in [4.69, 9.17) is 5.73 Å². The summed E-state index contributed by atoms with van der Waals surface area (Å²) >= 11 is 0. The maximum atomic E-state index is 6.24. The first-order chi connectivity index (χ1) is 8.56. The number of nitrogens with zero attached hydrogens (tertiary/aromatic N) is 2.